The number of rotatable bonds is 5. The first kappa shape index (κ1) is 21.0. The Balaban J connectivity index is 1.53. The van der Waals surface area contributed by atoms with Gasteiger partial charge in [0, 0.05) is 0 Å². The Morgan fingerprint density at radius 3 is 2.50 bits per heavy atom. The minimum Gasteiger partial charge on any atom is -0.393 e. The molecule has 0 bridgehead atoms. The van der Waals surface area contributed by atoms with Crippen LogP contribution in [0.5, 0.6) is 0 Å². The summed E-state index contributed by atoms with van der Waals surface area (Å²) in [7, 11) is 0. The molecule has 0 aromatic rings. The van der Waals surface area contributed by atoms with Gasteiger partial charge in [-0.05, 0) is 98.2 Å². The summed E-state index contributed by atoms with van der Waals surface area (Å²) in [5.41, 5.74) is 4.82. The molecular formula is C27H46O. The summed E-state index contributed by atoms with van der Waals surface area (Å²) in [6.45, 7) is 12.6. The molecule has 1 N–H and O–H groups in total. The maximum atomic E-state index is 10.2. The molecule has 4 rings (SSSR count). The molecule has 4 aliphatic rings. The molecule has 0 spiro atoms. The molecule has 7 atom stereocenters. The zero-order chi connectivity index (χ0) is 20.1. The Bertz CT molecular complexity index is 603. The van der Waals surface area contributed by atoms with Crippen molar-refractivity contribution in [1.29, 1.82) is 0 Å². The molecule has 0 radical (unpaired) electrons. The van der Waals surface area contributed by atoms with Crippen LogP contribution in [0.3, 0.4) is 0 Å². The summed E-state index contributed by atoms with van der Waals surface area (Å²) < 4.78 is 0. The lowest BCUT2D eigenvalue weighted by atomic mass is 9.49. The molecule has 28 heavy (non-hydrogen) atoms. The standard InChI is InChI=1S/C27H46O/c1-18(2)7-6-8-19(3)23-11-12-24-22-10-9-20-17-21(28)13-15-26(20,4)25(22)14-16-27(23,24)5/h18-21,23,25,28H,6-17H2,1-5H3/t19-,20?,21+,23-,25+,26+,27-/m1/s1. The Morgan fingerprint density at radius 1 is 0.964 bits per heavy atom. The van der Waals surface area contributed by atoms with E-state index in [0.717, 1.165) is 42.4 Å². The largest absolute Gasteiger partial charge is 0.393 e. The van der Waals surface area contributed by atoms with Gasteiger partial charge in [-0.3, -0.25) is 0 Å². The molecular weight excluding hydrogens is 340 g/mol. The van der Waals surface area contributed by atoms with Crippen molar-refractivity contribution in [2.24, 2.45) is 40.4 Å². The maximum absolute atomic E-state index is 10.2. The van der Waals surface area contributed by atoms with Crippen molar-refractivity contribution in [2.75, 3.05) is 0 Å². The summed E-state index contributed by atoms with van der Waals surface area (Å²) in [6, 6.07) is 0. The van der Waals surface area contributed by atoms with E-state index >= 15 is 0 Å². The molecule has 1 unspecified atom stereocenters. The molecule has 0 aliphatic heterocycles. The van der Waals surface area contributed by atoms with Gasteiger partial charge >= 0.3 is 0 Å². The van der Waals surface area contributed by atoms with Crippen LogP contribution in [0.25, 0.3) is 0 Å². The molecule has 4 aliphatic carbocycles. The van der Waals surface area contributed by atoms with Crippen LogP contribution in [0.4, 0.5) is 0 Å². The van der Waals surface area contributed by atoms with Gasteiger partial charge in [0.1, 0.15) is 0 Å². The summed E-state index contributed by atoms with van der Waals surface area (Å²) >= 11 is 0. The van der Waals surface area contributed by atoms with E-state index < -0.39 is 0 Å². The van der Waals surface area contributed by atoms with Crippen molar-refractivity contribution in [2.45, 2.75) is 118 Å². The van der Waals surface area contributed by atoms with Crippen molar-refractivity contribution in [3.63, 3.8) is 0 Å². The lowest BCUT2D eigenvalue weighted by Gasteiger charge is -2.56. The van der Waals surface area contributed by atoms with Gasteiger partial charge in [0.2, 0.25) is 0 Å². The minimum absolute atomic E-state index is 0.0244. The van der Waals surface area contributed by atoms with Gasteiger partial charge in [-0.1, -0.05) is 65.0 Å². The molecule has 3 saturated carbocycles. The van der Waals surface area contributed by atoms with E-state index in [-0.39, 0.29) is 6.10 Å². The monoisotopic (exact) mass is 386 g/mol. The first-order valence-electron chi connectivity index (χ1n) is 12.7. The van der Waals surface area contributed by atoms with E-state index in [1.165, 1.54) is 64.2 Å². The molecule has 3 fully saturated rings. The van der Waals surface area contributed by atoms with Crippen molar-refractivity contribution >= 4 is 0 Å². The first-order valence-corrected chi connectivity index (χ1v) is 12.7. The van der Waals surface area contributed by atoms with Gasteiger partial charge in [-0.15, -0.1) is 0 Å². The Labute approximate surface area is 174 Å². The second-order valence-corrected chi connectivity index (χ2v) is 12.1. The first-order chi connectivity index (χ1) is 13.3. The molecule has 0 aromatic carbocycles. The second kappa shape index (κ2) is 7.75. The number of allylic oxidation sites excluding steroid dienone is 2. The number of hydrogen-bond acceptors (Lipinski definition) is 1. The lowest BCUT2D eigenvalue weighted by Crippen LogP contribution is -2.48. The van der Waals surface area contributed by atoms with Crippen LogP contribution in [0, 0.1) is 40.4 Å². The van der Waals surface area contributed by atoms with Crippen LogP contribution in [0.15, 0.2) is 11.1 Å². The Kier molecular flexibility index (Phi) is 5.80. The van der Waals surface area contributed by atoms with E-state index in [9.17, 15) is 5.11 Å². The van der Waals surface area contributed by atoms with E-state index in [0.29, 0.717) is 10.8 Å². The van der Waals surface area contributed by atoms with Gasteiger partial charge in [0.05, 0.1) is 6.10 Å². The molecule has 0 aromatic heterocycles. The predicted octanol–water partition coefficient (Wildman–Crippen LogP) is 7.53. The number of aliphatic hydroxyl groups excluding tert-OH is 1. The van der Waals surface area contributed by atoms with E-state index in [2.05, 4.69) is 34.6 Å². The summed E-state index contributed by atoms with van der Waals surface area (Å²) in [4.78, 5) is 0. The van der Waals surface area contributed by atoms with Crippen molar-refractivity contribution in [3.8, 4) is 0 Å². The van der Waals surface area contributed by atoms with Crippen LogP contribution in [-0.4, -0.2) is 11.2 Å². The van der Waals surface area contributed by atoms with Crippen LogP contribution in [-0.2, 0) is 0 Å². The summed E-state index contributed by atoms with van der Waals surface area (Å²) in [5, 5.41) is 10.2. The van der Waals surface area contributed by atoms with Gasteiger partial charge in [0.15, 0.2) is 0 Å². The quantitative estimate of drug-likeness (QED) is 0.484. The van der Waals surface area contributed by atoms with Crippen molar-refractivity contribution in [1.82, 2.24) is 0 Å². The minimum atomic E-state index is -0.0244. The number of aliphatic hydroxyl groups is 1. The molecule has 160 valence electrons. The smallest absolute Gasteiger partial charge is 0.0543 e. The van der Waals surface area contributed by atoms with Crippen molar-refractivity contribution < 1.29 is 5.11 Å². The highest BCUT2D eigenvalue weighted by molar-refractivity contribution is 5.34. The maximum Gasteiger partial charge on any atom is 0.0543 e. The Morgan fingerprint density at radius 2 is 1.75 bits per heavy atom. The zero-order valence-corrected chi connectivity index (χ0v) is 19.4. The molecule has 0 heterocycles. The van der Waals surface area contributed by atoms with E-state index in [4.69, 9.17) is 0 Å². The predicted molar refractivity (Wildman–Crippen MR) is 119 cm³/mol. The second-order valence-electron chi connectivity index (χ2n) is 12.1. The highest BCUT2D eigenvalue weighted by Gasteiger charge is 2.55. The van der Waals surface area contributed by atoms with E-state index in [1.807, 2.05) is 11.1 Å². The molecule has 0 amide bonds. The highest BCUT2D eigenvalue weighted by Crippen LogP contribution is 2.65. The van der Waals surface area contributed by atoms with Gasteiger partial charge in [-0.2, -0.15) is 0 Å². The summed E-state index contributed by atoms with van der Waals surface area (Å²) in [5.74, 6) is 4.25. The number of hydrogen-bond donors (Lipinski definition) is 1. The fourth-order valence-corrected chi connectivity index (χ4v) is 8.47. The van der Waals surface area contributed by atoms with Gasteiger partial charge in [0.25, 0.3) is 0 Å². The molecule has 1 heteroatoms. The van der Waals surface area contributed by atoms with Crippen LogP contribution in [0.1, 0.15) is 112 Å². The third-order valence-corrected chi connectivity index (χ3v) is 10.2. The normalized spacial score (nSPS) is 44.2. The van der Waals surface area contributed by atoms with Crippen molar-refractivity contribution in [3.05, 3.63) is 11.1 Å². The lowest BCUT2D eigenvalue weighted by molar-refractivity contribution is -0.0381. The zero-order valence-electron chi connectivity index (χ0n) is 19.4. The third kappa shape index (κ3) is 3.42. The topological polar surface area (TPSA) is 20.2 Å². The third-order valence-electron chi connectivity index (χ3n) is 10.2. The van der Waals surface area contributed by atoms with Crippen LogP contribution >= 0.6 is 0 Å². The average Bonchev–Trinajstić information content (AvgIpc) is 2.99. The fourth-order valence-electron chi connectivity index (χ4n) is 8.47. The molecule has 0 saturated heterocycles. The van der Waals surface area contributed by atoms with Gasteiger partial charge < -0.3 is 5.11 Å². The SMILES string of the molecule is CC(C)CCC[C@@H](C)[C@H]1CCC2=C3CCC4C[C@@H](O)CC[C@]4(C)[C@H]3CC[C@@]21C. The van der Waals surface area contributed by atoms with Crippen LogP contribution < -0.4 is 0 Å². The van der Waals surface area contributed by atoms with Crippen LogP contribution in [0.2, 0.25) is 0 Å². The van der Waals surface area contributed by atoms with E-state index in [1.54, 1.807) is 0 Å². The number of fused-ring (bicyclic) bond motifs is 4. The molecule has 1 nitrogen and oxygen atoms in total. The fraction of sp³-hybridized carbons (Fsp3) is 0.926. The average molecular weight is 387 g/mol. The summed E-state index contributed by atoms with van der Waals surface area (Å²) in [6.07, 6.45) is 16.0. The van der Waals surface area contributed by atoms with Gasteiger partial charge in [-0.25, -0.2) is 0 Å². The highest BCUT2D eigenvalue weighted by atomic mass is 16.3. The Hall–Kier alpha value is -0.300.